The largest absolute Gasteiger partial charge is 0.465 e. The van der Waals surface area contributed by atoms with Gasteiger partial charge in [0, 0.05) is 37.7 Å². The number of aryl methyl sites for hydroxylation is 1. The summed E-state index contributed by atoms with van der Waals surface area (Å²) in [5, 5.41) is 0.982. The predicted molar refractivity (Wildman–Crippen MR) is 74.5 cm³/mol. The molecule has 1 fully saturated rings. The van der Waals surface area contributed by atoms with E-state index in [0.29, 0.717) is 13.2 Å². The van der Waals surface area contributed by atoms with Gasteiger partial charge in [-0.1, -0.05) is 0 Å². The number of rotatable bonds is 4. The molecular weight excluding hydrogens is 264 g/mol. The number of aromatic nitrogens is 2. The molecule has 0 aromatic carbocycles. The molecule has 1 aliphatic heterocycles. The molecule has 2 heterocycles. The molecule has 106 valence electrons. The highest BCUT2D eigenvalue weighted by Crippen LogP contribution is 2.18. The first-order valence-corrected chi connectivity index (χ1v) is 7.39. The number of hydrogen-bond acceptors (Lipinski definition) is 7. The molecule has 0 aliphatic carbocycles. The molecule has 0 unspecified atom stereocenters. The van der Waals surface area contributed by atoms with Gasteiger partial charge in [-0.15, -0.1) is 0 Å². The van der Waals surface area contributed by atoms with Gasteiger partial charge in [0.15, 0.2) is 0 Å². The van der Waals surface area contributed by atoms with E-state index in [1.165, 1.54) is 11.5 Å². The summed E-state index contributed by atoms with van der Waals surface area (Å²) in [5.41, 5.74) is 0. The number of anilines is 1. The third kappa shape index (κ3) is 4.14. The third-order valence-corrected chi connectivity index (χ3v) is 3.90. The summed E-state index contributed by atoms with van der Waals surface area (Å²) in [4.78, 5) is 20.3. The first-order valence-electron chi connectivity index (χ1n) is 6.62. The second kappa shape index (κ2) is 6.81. The summed E-state index contributed by atoms with van der Waals surface area (Å²) in [7, 11) is 0. The van der Waals surface area contributed by atoms with Crippen molar-refractivity contribution in [1.29, 1.82) is 0 Å². The molecule has 0 amide bonds. The molecule has 7 heteroatoms. The molecule has 0 spiro atoms. The van der Waals surface area contributed by atoms with Crippen LogP contribution in [0.3, 0.4) is 0 Å². The van der Waals surface area contributed by atoms with Gasteiger partial charge in [-0.05, 0) is 20.3 Å². The Morgan fingerprint density at radius 3 is 2.89 bits per heavy atom. The van der Waals surface area contributed by atoms with Crippen molar-refractivity contribution in [2.45, 2.75) is 20.3 Å². The number of carbonyl (C=O) groups excluding carboxylic acids is 1. The van der Waals surface area contributed by atoms with E-state index in [4.69, 9.17) is 4.74 Å². The smallest absolute Gasteiger partial charge is 0.320 e. The average molecular weight is 284 g/mol. The standard InChI is InChI=1S/C12H20N4O2S/c1-3-18-11(17)9-15-5-4-6-16(8-7-15)12-13-10(2)14-19-12/h3-9H2,1-2H3. The zero-order chi connectivity index (χ0) is 13.7. The van der Waals surface area contributed by atoms with Crippen LogP contribution in [-0.4, -0.2) is 59.6 Å². The van der Waals surface area contributed by atoms with Crippen LogP contribution in [0.25, 0.3) is 0 Å². The van der Waals surface area contributed by atoms with E-state index in [9.17, 15) is 4.79 Å². The van der Waals surface area contributed by atoms with E-state index in [1.807, 2.05) is 13.8 Å². The maximum atomic E-state index is 11.5. The Kier molecular flexibility index (Phi) is 5.09. The van der Waals surface area contributed by atoms with Crippen molar-refractivity contribution in [2.24, 2.45) is 0 Å². The van der Waals surface area contributed by atoms with Crippen LogP contribution in [0.4, 0.5) is 5.13 Å². The number of esters is 1. The molecule has 0 atom stereocenters. The Bertz CT molecular complexity index is 424. The van der Waals surface area contributed by atoms with Crippen LogP contribution in [0.1, 0.15) is 19.2 Å². The van der Waals surface area contributed by atoms with Gasteiger partial charge < -0.3 is 9.64 Å². The molecule has 1 aromatic rings. The van der Waals surface area contributed by atoms with Crippen molar-refractivity contribution in [3.05, 3.63) is 5.82 Å². The van der Waals surface area contributed by atoms with Crippen LogP contribution in [-0.2, 0) is 9.53 Å². The minimum absolute atomic E-state index is 0.136. The Morgan fingerprint density at radius 1 is 1.37 bits per heavy atom. The number of hydrogen-bond donors (Lipinski definition) is 0. The van der Waals surface area contributed by atoms with Crippen LogP contribution < -0.4 is 4.90 Å². The van der Waals surface area contributed by atoms with Gasteiger partial charge in [0.25, 0.3) is 0 Å². The minimum atomic E-state index is -0.136. The van der Waals surface area contributed by atoms with Crippen LogP contribution in [0.2, 0.25) is 0 Å². The van der Waals surface area contributed by atoms with Crippen molar-refractivity contribution < 1.29 is 9.53 Å². The van der Waals surface area contributed by atoms with Gasteiger partial charge in [-0.3, -0.25) is 9.69 Å². The lowest BCUT2D eigenvalue weighted by atomic mass is 10.4. The van der Waals surface area contributed by atoms with Crippen molar-refractivity contribution in [1.82, 2.24) is 14.3 Å². The molecule has 6 nitrogen and oxygen atoms in total. The van der Waals surface area contributed by atoms with Gasteiger partial charge in [0.2, 0.25) is 5.13 Å². The van der Waals surface area contributed by atoms with Crippen LogP contribution in [0.5, 0.6) is 0 Å². The predicted octanol–water partition coefficient (Wildman–Crippen LogP) is 0.922. The topological polar surface area (TPSA) is 58.6 Å². The molecule has 1 aliphatic rings. The first kappa shape index (κ1) is 14.2. The SMILES string of the molecule is CCOC(=O)CN1CCCN(c2nc(C)ns2)CC1. The Hall–Kier alpha value is -1.21. The van der Waals surface area contributed by atoms with E-state index >= 15 is 0 Å². The van der Waals surface area contributed by atoms with Crippen molar-refractivity contribution in [2.75, 3.05) is 44.2 Å². The second-order valence-electron chi connectivity index (χ2n) is 4.55. The quantitative estimate of drug-likeness (QED) is 0.766. The molecule has 0 bridgehead atoms. The lowest BCUT2D eigenvalue weighted by molar-refractivity contribution is -0.144. The summed E-state index contributed by atoms with van der Waals surface area (Å²) in [6.45, 7) is 8.21. The van der Waals surface area contributed by atoms with Gasteiger partial charge in [0.05, 0.1) is 13.2 Å². The minimum Gasteiger partial charge on any atom is -0.465 e. The fourth-order valence-corrected chi connectivity index (χ4v) is 2.85. The first-order chi connectivity index (χ1) is 9.19. The number of nitrogens with zero attached hydrogens (tertiary/aromatic N) is 4. The van der Waals surface area contributed by atoms with Crippen molar-refractivity contribution in [3.63, 3.8) is 0 Å². The van der Waals surface area contributed by atoms with E-state index in [0.717, 1.165) is 43.6 Å². The van der Waals surface area contributed by atoms with Crippen LogP contribution >= 0.6 is 11.5 Å². The second-order valence-corrected chi connectivity index (χ2v) is 5.28. The van der Waals surface area contributed by atoms with Crippen LogP contribution in [0, 0.1) is 6.92 Å². The maximum Gasteiger partial charge on any atom is 0.320 e. The molecule has 19 heavy (non-hydrogen) atoms. The van der Waals surface area contributed by atoms with E-state index in [-0.39, 0.29) is 5.97 Å². The van der Waals surface area contributed by atoms with Crippen molar-refractivity contribution in [3.8, 4) is 0 Å². The highest BCUT2D eigenvalue weighted by atomic mass is 32.1. The monoisotopic (exact) mass is 284 g/mol. The molecular formula is C12H20N4O2S. The normalized spacial score (nSPS) is 17.3. The lowest BCUT2D eigenvalue weighted by Gasteiger charge is -2.20. The summed E-state index contributed by atoms with van der Waals surface area (Å²) in [6.07, 6.45) is 1.03. The van der Waals surface area contributed by atoms with Gasteiger partial charge >= 0.3 is 5.97 Å². The zero-order valence-electron chi connectivity index (χ0n) is 11.5. The molecule has 1 aromatic heterocycles. The Labute approximate surface area is 117 Å². The van der Waals surface area contributed by atoms with Crippen molar-refractivity contribution >= 4 is 22.6 Å². The summed E-state index contributed by atoms with van der Waals surface area (Å²) < 4.78 is 9.20. The number of carbonyl (C=O) groups is 1. The molecule has 2 rings (SSSR count). The Morgan fingerprint density at radius 2 is 2.21 bits per heavy atom. The third-order valence-electron chi connectivity index (χ3n) is 3.03. The highest BCUT2D eigenvalue weighted by Gasteiger charge is 2.19. The summed E-state index contributed by atoms with van der Waals surface area (Å²) >= 11 is 1.44. The molecule has 0 N–H and O–H groups in total. The highest BCUT2D eigenvalue weighted by molar-refractivity contribution is 7.09. The summed E-state index contributed by atoms with van der Waals surface area (Å²) in [6, 6.07) is 0. The van der Waals surface area contributed by atoms with E-state index in [1.54, 1.807) is 0 Å². The maximum absolute atomic E-state index is 11.5. The molecule has 1 saturated heterocycles. The summed E-state index contributed by atoms with van der Waals surface area (Å²) in [5.74, 6) is 0.690. The Balaban J connectivity index is 1.86. The van der Waals surface area contributed by atoms with Crippen LogP contribution in [0.15, 0.2) is 0 Å². The number of ether oxygens (including phenoxy) is 1. The average Bonchev–Trinajstić information content (AvgIpc) is 2.67. The molecule has 0 radical (unpaired) electrons. The lowest BCUT2D eigenvalue weighted by Crippen LogP contribution is -2.34. The zero-order valence-corrected chi connectivity index (χ0v) is 12.3. The van der Waals surface area contributed by atoms with Gasteiger partial charge in [-0.2, -0.15) is 4.37 Å². The van der Waals surface area contributed by atoms with Gasteiger partial charge in [0.1, 0.15) is 5.82 Å². The van der Waals surface area contributed by atoms with E-state index < -0.39 is 0 Å². The fraction of sp³-hybridized carbons (Fsp3) is 0.750. The fourth-order valence-electron chi connectivity index (χ4n) is 2.12. The van der Waals surface area contributed by atoms with Gasteiger partial charge in [-0.25, -0.2) is 4.98 Å². The molecule has 0 saturated carbocycles. The van der Waals surface area contributed by atoms with E-state index in [2.05, 4.69) is 19.2 Å².